The third-order valence-electron chi connectivity index (χ3n) is 3.08. The largest absolute Gasteiger partial charge is 0.495 e. The van der Waals surface area contributed by atoms with Crippen molar-refractivity contribution in [3.8, 4) is 5.75 Å². The van der Waals surface area contributed by atoms with Gasteiger partial charge in [0.15, 0.2) is 0 Å². The Morgan fingerprint density at radius 2 is 2.05 bits per heavy atom. The van der Waals surface area contributed by atoms with Gasteiger partial charge >= 0.3 is 0 Å². The molecule has 0 saturated carbocycles. The maximum Gasteiger partial charge on any atom is 0.224 e. The van der Waals surface area contributed by atoms with E-state index in [2.05, 4.69) is 20.6 Å². The van der Waals surface area contributed by atoms with Gasteiger partial charge in [-0.3, -0.25) is 0 Å². The summed E-state index contributed by atoms with van der Waals surface area (Å²) in [5.74, 6) is 2.08. The van der Waals surface area contributed by atoms with Gasteiger partial charge in [-0.1, -0.05) is 6.07 Å². The van der Waals surface area contributed by atoms with Gasteiger partial charge in [0, 0.05) is 26.5 Å². The van der Waals surface area contributed by atoms with Crippen molar-refractivity contribution in [1.82, 2.24) is 9.97 Å². The number of rotatable bonds is 8. The first-order valence-electron chi connectivity index (χ1n) is 7.20. The minimum Gasteiger partial charge on any atom is -0.495 e. The molecule has 0 fully saturated rings. The van der Waals surface area contributed by atoms with Crippen molar-refractivity contribution < 1.29 is 9.47 Å². The molecule has 1 aromatic carbocycles. The molecule has 0 aliphatic heterocycles. The van der Waals surface area contributed by atoms with Crippen LogP contribution >= 0.6 is 0 Å². The summed E-state index contributed by atoms with van der Waals surface area (Å²) >= 11 is 0. The molecule has 6 nitrogen and oxygen atoms in total. The van der Waals surface area contributed by atoms with E-state index in [1.54, 1.807) is 20.4 Å². The summed E-state index contributed by atoms with van der Waals surface area (Å²) in [4.78, 5) is 8.65. The van der Waals surface area contributed by atoms with Crippen molar-refractivity contribution in [2.75, 3.05) is 38.0 Å². The Morgan fingerprint density at radius 3 is 2.82 bits per heavy atom. The summed E-state index contributed by atoms with van der Waals surface area (Å²) in [6.07, 6.45) is 2.62. The zero-order valence-electron chi connectivity index (χ0n) is 13.2. The van der Waals surface area contributed by atoms with Crippen LogP contribution in [0.4, 0.5) is 17.5 Å². The van der Waals surface area contributed by atoms with Crippen LogP contribution in [0.1, 0.15) is 12.0 Å². The molecule has 0 amide bonds. The summed E-state index contributed by atoms with van der Waals surface area (Å²) in [6.45, 7) is 3.52. The fourth-order valence-corrected chi connectivity index (χ4v) is 1.99. The molecular weight excluding hydrogens is 280 g/mol. The molecule has 0 aliphatic rings. The molecular formula is C16H22N4O2. The van der Waals surface area contributed by atoms with Gasteiger partial charge in [-0.25, -0.2) is 4.98 Å². The smallest absolute Gasteiger partial charge is 0.224 e. The lowest BCUT2D eigenvalue weighted by Gasteiger charge is -2.12. The highest BCUT2D eigenvalue weighted by Gasteiger charge is 2.05. The number of aromatic nitrogens is 2. The van der Waals surface area contributed by atoms with E-state index >= 15 is 0 Å². The molecule has 0 bridgehead atoms. The standard InChI is InChI=1S/C16H22N4O2/c1-12-5-6-14(22-3)13(11-12)19-15-7-9-18-16(20-15)17-8-4-10-21-2/h5-7,9,11H,4,8,10H2,1-3H3,(H2,17,18,19,20). The number of aryl methyl sites for hydroxylation is 1. The van der Waals surface area contributed by atoms with Crippen molar-refractivity contribution in [2.45, 2.75) is 13.3 Å². The van der Waals surface area contributed by atoms with Gasteiger partial charge in [0.2, 0.25) is 5.95 Å². The monoisotopic (exact) mass is 302 g/mol. The zero-order valence-corrected chi connectivity index (χ0v) is 13.2. The molecule has 0 atom stereocenters. The van der Waals surface area contributed by atoms with Gasteiger partial charge in [0.05, 0.1) is 12.8 Å². The predicted molar refractivity (Wildman–Crippen MR) is 88.0 cm³/mol. The Bertz CT molecular complexity index is 604. The van der Waals surface area contributed by atoms with Gasteiger partial charge in [0.1, 0.15) is 11.6 Å². The highest BCUT2D eigenvalue weighted by molar-refractivity contribution is 5.65. The first-order chi connectivity index (χ1) is 10.7. The lowest BCUT2D eigenvalue weighted by molar-refractivity contribution is 0.197. The van der Waals surface area contributed by atoms with Gasteiger partial charge in [-0.15, -0.1) is 0 Å². The van der Waals surface area contributed by atoms with Gasteiger partial charge < -0.3 is 20.1 Å². The first-order valence-corrected chi connectivity index (χ1v) is 7.20. The summed E-state index contributed by atoms with van der Waals surface area (Å²) < 4.78 is 10.4. The van der Waals surface area contributed by atoms with E-state index in [0.29, 0.717) is 18.4 Å². The molecule has 2 rings (SSSR count). The third kappa shape index (κ3) is 4.60. The zero-order chi connectivity index (χ0) is 15.8. The quantitative estimate of drug-likeness (QED) is 0.731. The molecule has 0 radical (unpaired) electrons. The number of ether oxygens (including phenoxy) is 2. The Morgan fingerprint density at radius 1 is 1.18 bits per heavy atom. The molecule has 6 heteroatoms. The lowest BCUT2D eigenvalue weighted by Crippen LogP contribution is -2.08. The van der Waals surface area contributed by atoms with Gasteiger partial charge in [0.25, 0.3) is 0 Å². The van der Waals surface area contributed by atoms with Crippen molar-refractivity contribution >= 4 is 17.5 Å². The van der Waals surface area contributed by atoms with E-state index in [1.807, 2.05) is 31.2 Å². The summed E-state index contributed by atoms with van der Waals surface area (Å²) in [5.41, 5.74) is 2.03. The molecule has 0 spiro atoms. The topological polar surface area (TPSA) is 68.3 Å². The molecule has 22 heavy (non-hydrogen) atoms. The molecule has 1 heterocycles. The molecule has 0 saturated heterocycles. The predicted octanol–water partition coefficient (Wildman–Crippen LogP) is 2.99. The highest BCUT2D eigenvalue weighted by atomic mass is 16.5. The maximum absolute atomic E-state index is 5.36. The van der Waals surface area contributed by atoms with E-state index in [1.165, 1.54) is 0 Å². The Balaban J connectivity index is 2.05. The second-order valence-electron chi connectivity index (χ2n) is 4.87. The van der Waals surface area contributed by atoms with E-state index in [4.69, 9.17) is 9.47 Å². The molecule has 2 aromatic rings. The SMILES string of the molecule is COCCCNc1nccc(Nc2cc(C)ccc2OC)n1. The van der Waals surface area contributed by atoms with Crippen LogP contribution in [-0.2, 0) is 4.74 Å². The van der Waals surface area contributed by atoms with E-state index in [0.717, 1.165) is 30.0 Å². The van der Waals surface area contributed by atoms with Gasteiger partial charge in [-0.2, -0.15) is 4.98 Å². The normalized spacial score (nSPS) is 10.3. The fourth-order valence-electron chi connectivity index (χ4n) is 1.99. The Hall–Kier alpha value is -2.34. The van der Waals surface area contributed by atoms with Gasteiger partial charge in [-0.05, 0) is 37.1 Å². The first kappa shape index (κ1) is 16.0. The number of anilines is 3. The average molecular weight is 302 g/mol. The molecule has 118 valence electrons. The van der Waals surface area contributed by atoms with Crippen molar-refractivity contribution in [3.05, 3.63) is 36.0 Å². The summed E-state index contributed by atoms with van der Waals surface area (Å²) in [5, 5.41) is 6.44. The number of nitrogens with zero attached hydrogens (tertiary/aromatic N) is 2. The second-order valence-corrected chi connectivity index (χ2v) is 4.87. The average Bonchev–Trinajstić information content (AvgIpc) is 2.52. The summed E-state index contributed by atoms with van der Waals surface area (Å²) in [7, 11) is 3.34. The van der Waals surface area contributed by atoms with E-state index in [-0.39, 0.29) is 0 Å². The van der Waals surface area contributed by atoms with E-state index in [9.17, 15) is 0 Å². The molecule has 2 N–H and O–H groups in total. The molecule has 0 aliphatic carbocycles. The number of methoxy groups -OCH3 is 2. The van der Waals surface area contributed by atoms with Crippen LogP contribution in [0.15, 0.2) is 30.5 Å². The van der Waals surface area contributed by atoms with Crippen LogP contribution in [0, 0.1) is 6.92 Å². The van der Waals surface area contributed by atoms with Crippen molar-refractivity contribution in [2.24, 2.45) is 0 Å². The Labute approximate surface area is 130 Å². The summed E-state index contributed by atoms with van der Waals surface area (Å²) in [6, 6.07) is 7.78. The molecule has 1 aromatic heterocycles. The van der Waals surface area contributed by atoms with Crippen molar-refractivity contribution in [1.29, 1.82) is 0 Å². The maximum atomic E-state index is 5.36. The lowest BCUT2D eigenvalue weighted by atomic mass is 10.2. The van der Waals surface area contributed by atoms with Crippen LogP contribution in [0.25, 0.3) is 0 Å². The van der Waals surface area contributed by atoms with Crippen LogP contribution in [0.3, 0.4) is 0 Å². The minimum absolute atomic E-state index is 0.590. The number of hydrogen-bond donors (Lipinski definition) is 2. The Kier molecular flexibility index (Phi) is 5.97. The van der Waals surface area contributed by atoms with Crippen molar-refractivity contribution in [3.63, 3.8) is 0 Å². The van der Waals surface area contributed by atoms with Crippen LogP contribution < -0.4 is 15.4 Å². The van der Waals surface area contributed by atoms with Crippen LogP contribution in [0.5, 0.6) is 5.75 Å². The highest BCUT2D eigenvalue weighted by Crippen LogP contribution is 2.27. The number of benzene rings is 1. The minimum atomic E-state index is 0.590. The van der Waals surface area contributed by atoms with Crippen LogP contribution in [-0.4, -0.2) is 37.3 Å². The van der Waals surface area contributed by atoms with E-state index < -0.39 is 0 Å². The molecule has 0 unspecified atom stereocenters. The number of hydrogen-bond acceptors (Lipinski definition) is 6. The fraction of sp³-hybridized carbons (Fsp3) is 0.375. The second kappa shape index (κ2) is 8.19. The van der Waals surface area contributed by atoms with Crippen LogP contribution in [0.2, 0.25) is 0 Å². The number of nitrogens with one attached hydrogen (secondary N) is 2. The third-order valence-corrected chi connectivity index (χ3v) is 3.08.